The van der Waals surface area contributed by atoms with Crippen molar-refractivity contribution in [2.24, 2.45) is 4.99 Å². The average molecular weight is 298 g/mol. The number of amidine groups is 1. The zero-order chi connectivity index (χ0) is 14.5. The van der Waals surface area contributed by atoms with Crippen molar-refractivity contribution in [1.29, 1.82) is 0 Å². The normalized spacial score (nSPS) is 17.4. The van der Waals surface area contributed by atoms with Gasteiger partial charge in [-0.1, -0.05) is 42.1 Å². The summed E-state index contributed by atoms with van der Waals surface area (Å²) in [5.74, 6) is 1.89. The Morgan fingerprint density at radius 1 is 1.14 bits per heavy atom. The standard InChI is InChI=1S/C17H18N2OS/c1-2-20-15-10-8-13(9-11-15)16-12-21-17(19-16)18-14-6-4-3-5-7-14/h3-11,16H,2,12H2,1H3,(H,18,19)/t16-/m0/s1. The van der Waals surface area contributed by atoms with Gasteiger partial charge in [-0.05, 0) is 36.8 Å². The van der Waals surface area contributed by atoms with Gasteiger partial charge in [0.2, 0.25) is 0 Å². The molecule has 1 atom stereocenters. The van der Waals surface area contributed by atoms with Crippen LogP contribution in [0, 0.1) is 0 Å². The molecule has 0 spiro atoms. The number of aliphatic imine (C=N–C) groups is 1. The Hall–Kier alpha value is -1.94. The molecular formula is C17H18N2OS. The number of thioether (sulfide) groups is 1. The molecule has 0 aliphatic carbocycles. The highest BCUT2D eigenvalue weighted by Gasteiger charge is 2.20. The van der Waals surface area contributed by atoms with E-state index < -0.39 is 0 Å². The maximum atomic E-state index is 5.47. The lowest BCUT2D eigenvalue weighted by molar-refractivity contribution is 0.340. The smallest absolute Gasteiger partial charge is 0.161 e. The maximum absolute atomic E-state index is 5.47. The number of hydrogen-bond acceptors (Lipinski definition) is 4. The van der Waals surface area contributed by atoms with Gasteiger partial charge in [0.05, 0.1) is 12.6 Å². The molecule has 0 saturated heterocycles. The Bertz CT molecular complexity index is 610. The summed E-state index contributed by atoms with van der Waals surface area (Å²) in [7, 11) is 0. The molecule has 0 unspecified atom stereocenters. The van der Waals surface area contributed by atoms with E-state index in [0.717, 1.165) is 22.4 Å². The summed E-state index contributed by atoms with van der Waals surface area (Å²) in [5.41, 5.74) is 2.31. The highest BCUT2D eigenvalue weighted by Crippen LogP contribution is 2.31. The van der Waals surface area contributed by atoms with Gasteiger partial charge in [0.15, 0.2) is 5.17 Å². The highest BCUT2D eigenvalue weighted by atomic mass is 32.2. The molecule has 0 bridgehead atoms. The van der Waals surface area contributed by atoms with Crippen molar-refractivity contribution in [1.82, 2.24) is 0 Å². The molecule has 1 aliphatic rings. The van der Waals surface area contributed by atoms with E-state index in [0.29, 0.717) is 6.61 Å². The first kappa shape index (κ1) is 14.0. The first-order valence-electron chi connectivity index (χ1n) is 7.10. The van der Waals surface area contributed by atoms with Crippen LogP contribution < -0.4 is 10.1 Å². The molecule has 1 aliphatic heterocycles. The molecule has 2 aromatic carbocycles. The number of nitrogens with zero attached hydrogens (tertiary/aromatic N) is 1. The fourth-order valence-corrected chi connectivity index (χ4v) is 3.19. The van der Waals surface area contributed by atoms with Gasteiger partial charge in [-0.15, -0.1) is 0 Å². The van der Waals surface area contributed by atoms with E-state index in [1.807, 2.05) is 49.4 Å². The van der Waals surface area contributed by atoms with E-state index in [2.05, 4.69) is 17.4 Å². The molecule has 0 fully saturated rings. The highest BCUT2D eigenvalue weighted by molar-refractivity contribution is 8.14. The molecule has 21 heavy (non-hydrogen) atoms. The van der Waals surface area contributed by atoms with E-state index in [1.54, 1.807) is 11.8 Å². The van der Waals surface area contributed by atoms with Gasteiger partial charge in [0.1, 0.15) is 5.75 Å². The van der Waals surface area contributed by atoms with Crippen LogP contribution in [-0.2, 0) is 0 Å². The van der Waals surface area contributed by atoms with Gasteiger partial charge in [0.25, 0.3) is 0 Å². The summed E-state index contributed by atoms with van der Waals surface area (Å²) < 4.78 is 5.47. The molecule has 3 rings (SSSR count). The van der Waals surface area contributed by atoms with E-state index >= 15 is 0 Å². The molecule has 1 heterocycles. The predicted molar refractivity (Wildman–Crippen MR) is 90.3 cm³/mol. The second-order valence-electron chi connectivity index (χ2n) is 4.75. The minimum absolute atomic E-state index is 0.219. The number of nitrogens with one attached hydrogen (secondary N) is 1. The van der Waals surface area contributed by atoms with Crippen LogP contribution in [0.2, 0.25) is 0 Å². The third-order valence-electron chi connectivity index (χ3n) is 3.25. The van der Waals surface area contributed by atoms with Crippen LogP contribution in [0.1, 0.15) is 18.5 Å². The summed E-state index contributed by atoms with van der Waals surface area (Å²) in [4.78, 5) is 4.76. The van der Waals surface area contributed by atoms with Crippen LogP contribution in [0.4, 0.5) is 5.69 Å². The monoisotopic (exact) mass is 298 g/mol. The van der Waals surface area contributed by atoms with Crippen molar-refractivity contribution in [3.05, 3.63) is 60.2 Å². The van der Waals surface area contributed by atoms with Gasteiger partial charge >= 0.3 is 0 Å². The van der Waals surface area contributed by atoms with Crippen LogP contribution in [0.3, 0.4) is 0 Å². The van der Waals surface area contributed by atoms with Crippen LogP contribution >= 0.6 is 11.8 Å². The Kier molecular flexibility index (Phi) is 4.46. The summed E-state index contributed by atoms with van der Waals surface area (Å²) >= 11 is 1.76. The van der Waals surface area contributed by atoms with Crippen molar-refractivity contribution in [3.8, 4) is 5.75 Å². The molecule has 0 saturated carbocycles. The maximum Gasteiger partial charge on any atom is 0.161 e. The first-order chi connectivity index (χ1) is 10.3. The van der Waals surface area contributed by atoms with E-state index in [9.17, 15) is 0 Å². The van der Waals surface area contributed by atoms with Gasteiger partial charge in [-0.25, -0.2) is 0 Å². The van der Waals surface area contributed by atoms with Crippen LogP contribution in [0.15, 0.2) is 59.6 Å². The van der Waals surface area contributed by atoms with Gasteiger partial charge < -0.3 is 10.1 Å². The zero-order valence-corrected chi connectivity index (χ0v) is 12.8. The summed E-state index contributed by atoms with van der Waals surface area (Å²) in [6.07, 6.45) is 0. The summed E-state index contributed by atoms with van der Waals surface area (Å²) in [6, 6.07) is 18.6. The molecule has 0 radical (unpaired) electrons. The minimum atomic E-state index is 0.219. The minimum Gasteiger partial charge on any atom is -0.494 e. The Morgan fingerprint density at radius 2 is 1.90 bits per heavy atom. The average Bonchev–Trinajstić information content (AvgIpc) is 2.98. The lowest BCUT2D eigenvalue weighted by atomic mass is 10.1. The van der Waals surface area contributed by atoms with Gasteiger partial charge in [0, 0.05) is 11.4 Å². The van der Waals surface area contributed by atoms with E-state index in [1.165, 1.54) is 5.56 Å². The summed E-state index contributed by atoms with van der Waals surface area (Å²) in [5, 5.41) is 4.35. The third-order valence-corrected chi connectivity index (χ3v) is 4.22. The number of para-hydroxylation sites is 1. The molecule has 0 amide bonds. The number of ether oxygens (including phenoxy) is 1. The molecule has 0 aromatic heterocycles. The second kappa shape index (κ2) is 6.68. The van der Waals surface area contributed by atoms with Crippen molar-refractivity contribution in [3.63, 3.8) is 0 Å². The lowest BCUT2D eigenvalue weighted by Crippen LogP contribution is -2.04. The lowest BCUT2D eigenvalue weighted by Gasteiger charge is -2.08. The predicted octanol–water partition coefficient (Wildman–Crippen LogP) is 4.34. The SMILES string of the molecule is CCOc1ccc([C@@H]2CSC(Nc3ccccc3)=N2)cc1. The van der Waals surface area contributed by atoms with Crippen molar-refractivity contribution in [2.45, 2.75) is 13.0 Å². The fraction of sp³-hybridized carbons (Fsp3) is 0.235. The quantitative estimate of drug-likeness (QED) is 0.911. The molecule has 4 heteroatoms. The van der Waals surface area contributed by atoms with Crippen LogP contribution in [0.5, 0.6) is 5.75 Å². The fourth-order valence-electron chi connectivity index (χ4n) is 2.21. The number of hydrogen-bond donors (Lipinski definition) is 1. The second-order valence-corrected chi connectivity index (χ2v) is 5.76. The third kappa shape index (κ3) is 3.58. The van der Waals surface area contributed by atoms with Crippen molar-refractivity contribution >= 4 is 22.6 Å². The number of anilines is 1. The molecule has 3 nitrogen and oxygen atoms in total. The number of benzene rings is 2. The topological polar surface area (TPSA) is 33.6 Å². The Balaban J connectivity index is 1.67. The zero-order valence-electron chi connectivity index (χ0n) is 12.0. The van der Waals surface area contributed by atoms with Gasteiger partial charge in [-0.3, -0.25) is 4.99 Å². The Morgan fingerprint density at radius 3 is 2.62 bits per heavy atom. The van der Waals surface area contributed by atoms with Crippen molar-refractivity contribution < 1.29 is 4.74 Å². The van der Waals surface area contributed by atoms with Crippen LogP contribution in [-0.4, -0.2) is 17.5 Å². The van der Waals surface area contributed by atoms with E-state index in [4.69, 9.17) is 9.73 Å². The Labute approximate surface area is 129 Å². The van der Waals surface area contributed by atoms with Crippen LogP contribution in [0.25, 0.3) is 0 Å². The summed E-state index contributed by atoms with van der Waals surface area (Å²) in [6.45, 7) is 2.69. The van der Waals surface area contributed by atoms with Gasteiger partial charge in [-0.2, -0.15) is 0 Å². The van der Waals surface area contributed by atoms with Crippen molar-refractivity contribution in [2.75, 3.05) is 17.7 Å². The molecule has 108 valence electrons. The molecule has 2 aromatic rings. The molecule has 1 N–H and O–H groups in total. The largest absolute Gasteiger partial charge is 0.494 e. The molecular weight excluding hydrogens is 280 g/mol. The number of rotatable bonds is 4. The van der Waals surface area contributed by atoms with E-state index in [-0.39, 0.29) is 6.04 Å². The first-order valence-corrected chi connectivity index (χ1v) is 8.09.